The second-order valence-corrected chi connectivity index (χ2v) is 4.43. The van der Waals surface area contributed by atoms with Gasteiger partial charge in [-0.05, 0) is 6.92 Å². The Morgan fingerprint density at radius 2 is 1.89 bits per heavy atom. The first kappa shape index (κ1) is 16.2. The number of halogens is 3. The Morgan fingerprint density at radius 3 is 2.37 bits per heavy atom. The molecule has 0 aromatic carbocycles. The number of nitrogens with one attached hydrogen (secondary N) is 1. The fourth-order valence-corrected chi connectivity index (χ4v) is 1.92. The molecule has 0 spiro atoms. The molecule has 0 radical (unpaired) electrons. The van der Waals surface area contributed by atoms with Gasteiger partial charge in [0.2, 0.25) is 5.91 Å². The molecule has 4 N–H and O–H groups in total. The Morgan fingerprint density at radius 1 is 1.32 bits per heavy atom. The highest BCUT2D eigenvalue weighted by Gasteiger charge is 2.43. The number of hydrogen-bond acceptors (Lipinski definition) is 5. The van der Waals surface area contributed by atoms with Crippen LogP contribution in [-0.2, 0) is 9.53 Å². The molecular weight excluding hydrogens is 271 g/mol. The van der Waals surface area contributed by atoms with E-state index in [4.69, 9.17) is 9.84 Å². The molecule has 9 heteroatoms. The average Bonchev–Trinajstić information content (AvgIpc) is 2.27. The second kappa shape index (κ2) is 6.04. The topological polar surface area (TPSA) is 99.0 Å². The minimum Gasteiger partial charge on any atom is -0.394 e. The first-order valence-corrected chi connectivity index (χ1v) is 5.64. The van der Waals surface area contributed by atoms with Crippen molar-refractivity contribution in [3.63, 3.8) is 0 Å². The molecule has 1 saturated heterocycles. The second-order valence-electron chi connectivity index (χ2n) is 4.43. The predicted octanol–water partition coefficient (Wildman–Crippen LogP) is -1.08. The molecular formula is C10H16F3NO5. The Bertz CT molecular complexity index is 325. The van der Waals surface area contributed by atoms with Crippen molar-refractivity contribution in [2.24, 2.45) is 0 Å². The molecule has 0 unspecified atom stereocenters. The number of aliphatic hydroxyl groups excluding tert-OH is 3. The lowest BCUT2D eigenvalue weighted by Gasteiger charge is -2.41. The number of rotatable bonds is 3. The lowest BCUT2D eigenvalue weighted by molar-refractivity contribution is -0.193. The maximum atomic E-state index is 12.0. The van der Waals surface area contributed by atoms with E-state index < -0.39 is 55.6 Å². The highest BCUT2D eigenvalue weighted by molar-refractivity contribution is 5.77. The molecule has 1 heterocycles. The van der Waals surface area contributed by atoms with Crippen LogP contribution in [-0.4, -0.2) is 64.5 Å². The summed E-state index contributed by atoms with van der Waals surface area (Å²) in [5, 5.41) is 30.1. The van der Waals surface area contributed by atoms with Gasteiger partial charge in [-0.25, -0.2) is 0 Å². The molecule has 0 aliphatic carbocycles. The summed E-state index contributed by atoms with van der Waals surface area (Å²) in [5.41, 5.74) is 0. The number of aliphatic hydroxyl groups is 3. The largest absolute Gasteiger partial charge is 0.397 e. The summed E-state index contributed by atoms with van der Waals surface area (Å²) in [7, 11) is 0. The van der Waals surface area contributed by atoms with Gasteiger partial charge in [-0.2, -0.15) is 13.2 Å². The third kappa shape index (κ3) is 4.30. The maximum absolute atomic E-state index is 12.0. The van der Waals surface area contributed by atoms with Crippen molar-refractivity contribution < 1.29 is 38.0 Å². The van der Waals surface area contributed by atoms with Crippen molar-refractivity contribution >= 4 is 5.91 Å². The van der Waals surface area contributed by atoms with Crippen LogP contribution < -0.4 is 5.32 Å². The van der Waals surface area contributed by atoms with Gasteiger partial charge in [-0.3, -0.25) is 4.79 Å². The highest BCUT2D eigenvalue weighted by Crippen LogP contribution is 2.23. The number of carbonyl (C=O) groups is 1. The molecule has 112 valence electrons. The lowest BCUT2D eigenvalue weighted by Crippen LogP contribution is -2.63. The van der Waals surface area contributed by atoms with E-state index in [-0.39, 0.29) is 0 Å². The number of amides is 1. The standard InChI is InChI=1S/C10H16F3NO5/c1-4-7(14-6(16)2-10(11,12)13)9(18)8(17)5(3-15)19-4/h4-5,7-9,15,17-18H,2-3H2,1H3,(H,14,16)/t4-,5+,7-,8-,9+/m0/s1. The first-order chi connectivity index (χ1) is 8.65. The minimum atomic E-state index is -4.65. The first-order valence-electron chi connectivity index (χ1n) is 5.64. The van der Waals surface area contributed by atoms with E-state index in [0.29, 0.717) is 0 Å². The van der Waals surface area contributed by atoms with Crippen LogP contribution in [0.3, 0.4) is 0 Å². The molecule has 1 fully saturated rings. The van der Waals surface area contributed by atoms with Crippen LogP contribution >= 0.6 is 0 Å². The maximum Gasteiger partial charge on any atom is 0.397 e. The van der Waals surface area contributed by atoms with Crippen LogP contribution in [0.5, 0.6) is 0 Å². The quantitative estimate of drug-likeness (QED) is 0.529. The monoisotopic (exact) mass is 287 g/mol. The van der Waals surface area contributed by atoms with Gasteiger partial charge in [0.15, 0.2) is 0 Å². The van der Waals surface area contributed by atoms with E-state index in [9.17, 15) is 28.2 Å². The molecule has 1 rings (SSSR count). The molecule has 0 saturated carbocycles. The molecule has 1 amide bonds. The van der Waals surface area contributed by atoms with Crippen LogP contribution in [0, 0.1) is 0 Å². The van der Waals surface area contributed by atoms with Crippen LogP contribution in [0.25, 0.3) is 0 Å². The molecule has 6 nitrogen and oxygen atoms in total. The molecule has 1 aliphatic heterocycles. The van der Waals surface area contributed by atoms with Gasteiger partial charge in [0.05, 0.1) is 18.8 Å². The molecule has 19 heavy (non-hydrogen) atoms. The SMILES string of the molecule is C[C@@H]1O[C@H](CO)[C@H](O)[C@H](O)[C@H]1NC(=O)CC(F)(F)F. The molecule has 0 aromatic heterocycles. The number of hydrogen-bond donors (Lipinski definition) is 4. The number of ether oxygens (including phenoxy) is 1. The summed E-state index contributed by atoms with van der Waals surface area (Å²) in [5.74, 6) is -1.32. The summed E-state index contributed by atoms with van der Waals surface area (Å²) in [4.78, 5) is 11.1. The summed E-state index contributed by atoms with van der Waals surface area (Å²) in [6.07, 6.45) is -11.2. The molecule has 0 aromatic rings. The normalized spacial score (nSPS) is 36.1. The highest BCUT2D eigenvalue weighted by atomic mass is 19.4. The summed E-state index contributed by atoms with van der Waals surface area (Å²) >= 11 is 0. The van der Waals surface area contributed by atoms with Crippen molar-refractivity contribution in [3.8, 4) is 0 Å². The van der Waals surface area contributed by atoms with Crippen molar-refractivity contribution in [1.82, 2.24) is 5.32 Å². The van der Waals surface area contributed by atoms with Gasteiger partial charge in [-0.1, -0.05) is 0 Å². The van der Waals surface area contributed by atoms with E-state index >= 15 is 0 Å². The van der Waals surface area contributed by atoms with Crippen molar-refractivity contribution in [2.45, 2.75) is 50.0 Å². The smallest absolute Gasteiger partial charge is 0.394 e. The van der Waals surface area contributed by atoms with Gasteiger partial charge < -0.3 is 25.4 Å². The third-order valence-corrected chi connectivity index (χ3v) is 2.86. The third-order valence-electron chi connectivity index (χ3n) is 2.86. The summed E-state index contributed by atoms with van der Waals surface area (Å²) in [6, 6.07) is -1.17. The molecule has 0 bridgehead atoms. The van der Waals surface area contributed by atoms with E-state index in [2.05, 4.69) is 0 Å². The van der Waals surface area contributed by atoms with Gasteiger partial charge >= 0.3 is 6.18 Å². The van der Waals surface area contributed by atoms with Gasteiger partial charge in [0, 0.05) is 0 Å². The zero-order chi connectivity index (χ0) is 14.8. The van der Waals surface area contributed by atoms with Crippen LogP contribution in [0.2, 0.25) is 0 Å². The van der Waals surface area contributed by atoms with Gasteiger partial charge in [0.1, 0.15) is 24.7 Å². The minimum absolute atomic E-state index is 0.550. The van der Waals surface area contributed by atoms with E-state index in [0.717, 1.165) is 0 Å². The Hall–Kier alpha value is -0.900. The predicted molar refractivity (Wildman–Crippen MR) is 56.0 cm³/mol. The van der Waals surface area contributed by atoms with Gasteiger partial charge in [-0.15, -0.1) is 0 Å². The molecule has 1 aliphatic rings. The fraction of sp³-hybridized carbons (Fsp3) is 0.900. The number of carbonyl (C=O) groups excluding carboxylic acids is 1. The van der Waals surface area contributed by atoms with Crippen molar-refractivity contribution in [2.75, 3.05) is 6.61 Å². The van der Waals surface area contributed by atoms with Gasteiger partial charge in [0.25, 0.3) is 0 Å². The lowest BCUT2D eigenvalue weighted by atomic mass is 9.93. The van der Waals surface area contributed by atoms with E-state index in [1.807, 2.05) is 5.32 Å². The summed E-state index contributed by atoms with van der Waals surface area (Å²) < 4.78 is 41.1. The van der Waals surface area contributed by atoms with Crippen LogP contribution in [0.1, 0.15) is 13.3 Å². The zero-order valence-corrected chi connectivity index (χ0v) is 10.1. The Kier molecular flexibility index (Phi) is 5.13. The van der Waals surface area contributed by atoms with Crippen LogP contribution in [0.4, 0.5) is 13.2 Å². The average molecular weight is 287 g/mol. The Labute approximate surface area is 107 Å². The van der Waals surface area contributed by atoms with Crippen molar-refractivity contribution in [3.05, 3.63) is 0 Å². The fourth-order valence-electron chi connectivity index (χ4n) is 1.92. The zero-order valence-electron chi connectivity index (χ0n) is 10.1. The van der Waals surface area contributed by atoms with Crippen molar-refractivity contribution in [1.29, 1.82) is 0 Å². The van der Waals surface area contributed by atoms with Crippen LogP contribution in [0.15, 0.2) is 0 Å². The Balaban J connectivity index is 2.65. The van der Waals surface area contributed by atoms with E-state index in [1.165, 1.54) is 6.92 Å². The number of alkyl halides is 3. The summed E-state index contributed by atoms with van der Waals surface area (Å²) in [6.45, 7) is 0.863. The van der Waals surface area contributed by atoms with E-state index in [1.54, 1.807) is 0 Å². The molecule has 5 atom stereocenters.